The van der Waals surface area contributed by atoms with Crippen molar-refractivity contribution in [1.82, 2.24) is 15.1 Å². The predicted octanol–water partition coefficient (Wildman–Crippen LogP) is 3.13. The topological polar surface area (TPSA) is 39.1 Å². The first-order valence-corrected chi connectivity index (χ1v) is 7.20. The van der Waals surface area contributed by atoms with Gasteiger partial charge in [0.2, 0.25) is 0 Å². The number of hydrogen-bond donors (Lipinski definition) is 1. The lowest BCUT2D eigenvalue weighted by Gasteiger charge is -2.25. The van der Waals surface area contributed by atoms with Crippen LogP contribution in [0.3, 0.4) is 0 Å². The van der Waals surface area contributed by atoms with E-state index in [4.69, 9.17) is 4.74 Å². The number of likely N-dealkylation sites (N-methyl/N-ethyl adjacent to an activating group) is 1. The minimum Gasteiger partial charge on any atom is -0.374 e. The molecule has 0 saturated heterocycles. The van der Waals surface area contributed by atoms with Gasteiger partial charge in [-0.3, -0.25) is 4.68 Å². The molecule has 0 bridgehead atoms. The summed E-state index contributed by atoms with van der Waals surface area (Å²) in [6.45, 7) is 9.91. The molecular formula is C13H24BrN3O. The molecule has 0 radical (unpaired) electrons. The monoisotopic (exact) mass is 317 g/mol. The van der Waals surface area contributed by atoms with Gasteiger partial charge < -0.3 is 10.1 Å². The predicted molar refractivity (Wildman–Crippen MR) is 77.7 cm³/mol. The van der Waals surface area contributed by atoms with Crippen LogP contribution in [-0.2, 0) is 11.3 Å². The van der Waals surface area contributed by atoms with Crippen LogP contribution in [0.25, 0.3) is 0 Å². The number of aryl methyl sites for hydroxylation is 1. The summed E-state index contributed by atoms with van der Waals surface area (Å²) in [5.74, 6) is 0. The normalized spacial score (nSPS) is 13.9. The molecule has 1 N–H and O–H groups in total. The summed E-state index contributed by atoms with van der Waals surface area (Å²) in [6, 6.07) is 0.146. The molecule has 0 aliphatic carbocycles. The number of ether oxygens (including phenoxy) is 1. The maximum Gasteiger partial charge on any atom is 0.0739 e. The molecule has 5 heteroatoms. The molecule has 1 heterocycles. The fourth-order valence-corrected chi connectivity index (χ4v) is 2.31. The highest BCUT2D eigenvalue weighted by Crippen LogP contribution is 2.25. The Labute approximate surface area is 118 Å². The van der Waals surface area contributed by atoms with Crippen molar-refractivity contribution in [2.24, 2.45) is 0 Å². The van der Waals surface area contributed by atoms with Gasteiger partial charge in [-0.15, -0.1) is 0 Å². The highest BCUT2D eigenvalue weighted by atomic mass is 79.9. The molecular weight excluding hydrogens is 294 g/mol. The van der Waals surface area contributed by atoms with E-state index in [1.807, 2.05) is 17.9 Å². The van der Waals surface area contributed by atoms with Gasteiger partial charge in [-0.2, -0.15) is 5.10 Å². The number of halogens is 1. The standard InChI is InChI=1S/C13H24BrN3O/c1-6-7-17-12(10(14)8-16-17)11(15-5)9-18-13(2,3)4/h8,11,15H,6-7,9H2,1-5H3. The van der Waals surface area contributed by atoms with Gasteiger partial charge in [-0.05, 0) is 50.2 Å². The average molecular weight is 318 g/mol. The molecule has 0 fully saturated rings. The Morgan fingerprint density at radius 1 is 1.50 bits per heavy atom. The second kappa shape index (κ2) is 6.68. The summed E-state index contributed by atoms with van der Waals surface area (Å²) in [6.07, 6.45) is 2.92. The summed E-state index contributed by atoms with van der Waals surface area (Å²) >= 11 is 3.57. The van der Waals surface area contributed by atoms with Crippen LogP contribution in [0, 0.1) is 0 Å². The van der Waals surface area contributed by atoms with Gasteiger partial charge in [-0.1, -0.05) is 6.92 Å². The Kier molecular flexibility index (Phi) is 5.82. The SMILES string of the molecule is CCCn1ncc(Br)c1C(COC(C)(C)C)NC. The van der Waals surface area contributed by atoms with E-state index >= 15 is 0 Å². The van der Waals surface area contributed by atoms with Gasteiger partial charge in [0.25, 0.3) is 0 Å². The van der Waals surface area contributed by atoms with Crippen molar-refractivity contribution < 1.29 is 4.74 Å². The first kappa shape index (κ1) is 15.7. The van der Waals surface area contributed by atoms with E-state index in [9.17, 15) is 0 Å². The van der Waals surface area contributed by atoms with Crippen LogP contribution in [-0.4, -0.2) is 29.0 Å². The fraction of sp³-hybridized carbons (Fsp3) is 0.769. The molecule has 4 nitrogen and oxygen atoms in total. The number of rotatable bonds is 6. The van der Waals surface area contributed by atoms with E-state index in [0.717, 1.165) is 23.1 Å². The third-order valence-corrected chi connectivity index (χ3v) is 3.24. The summed E-state index contributed by atoms with van der Waals surface area (Å²) in [5, 5.41) is 7.69. The minimum atomic E-state index is -0.128. The van der Waals surface area contributed by atoms with E-state index in [1.165, 1.54) is 0 Å². The smallest absolute Gasteiger partial charge is 0.0739 e. The second-order valence-corrected chi connectivity index (χ2v) is 6.22. The lowest BCUT2D eigenvalue weighted by molar-refractivity contribution is -0.0150. The van der Waals surface area contributed by atoms with E-state index in [2.05, 4.69) is 54.0 Å². The zero-order valence-corrected chi connectivity index (χ0v) is 13.5. The molecule has 18 heavy (non-hydrogen) atoms. The average Bonchev–Trinajstić information content (AvgIpc) is 2.62. The second-order valence-electron chi connectivity index (χ2n) is 5.37. The van der Waals surface area contributed by atoms with Crippen molar-refractivity contribution >= 4 is 15.9 Å². The third-order valence-electron chi connectivity index (χ3n) is 2.63. The zero-order chi connectivity index (χ0) is 13.8. The maximum atomic E-state index is 5.87. The molecule has 0 aromatic carbocycles. The van der Waals surface area contributed by atoms with E-state index < -0.39 is 0 Å². The van der Waals surface area contributed by atoms with Crippen molar-refractivity contribution in [3.8, 4) is 0 Å². The number of nitrogens with one attached hydrogen (secondary N) is 1. The summed E-state index contributed by atoms with van der Waals surface area (Å²) in [4.78, 5) is 0. The fourth-order valence-electron chi connectivity index (χ4n) is 1.74. The molecule has 1 rings (SSSR count). The number of hydrogen-bond acceptors (Lipinski definition) is 3. The van der Waals surface area contributed by atoms with Crippen LogP contribution in [0.5, 0.6) is 0 Å². The number of nitrogens with zero attached hydrogens (tertiary/aromatic N) is 2. The van der Waals surface area contributed by atoms with Gasteiger partial charge in [0.15, 0.2) is 0 Å². The van der Waals surface area contributed by atoms with Gasteiger partial charge in [-0.25, -0.2) is 0 Å². The van der Waals surface area contributed by atoms with Crippen molar-refractivity contribution in [3.05, 3.63) is 16.4 Å². The van der Waals surface area contributed by atoms with Gasteiger partial charge in [0.05, 0.1) is 34.6 Å². The third kappa shape index (κ3) is 4.37. The Hall–Kier alpha value is -0.390. The number of aromatic nitrogens is 2. The molecule has 104 valence electrons. The maximum absolute atomic E-state index is 5.87. The van der Waals surface area contributed by atoms with Crippen LogP contribution < -0.4 is 5.32 Å². The quantitative estimate of drug-likeness (QED) is 0.876. The van der Waals surface area contributed by atoms with E-state index in [-0.39, 0.29) is 11.6 Å². The molecule has 0 spiro atoms. The van der Waals surface area contributed by atoms with Crippen molar-refractivity contribution in [1.29, 1.82) is 0 Å². The van der Waals surface area contributed by atoms with Crippen LogP contribution in [0.15, 0.2) is 10.7 Å². The summed E-state index contributed by atoms with van der Waals surface area (Å²) < 4.78 is 8.94. The Morgan fingerprint density at radius 2 is 2.17 bits per heavy atom. The molecule has 0 aliphatic rings. The van der Waals surface area contributed by atoms with Gasteiger partial charge in [0, 0.05) is 6.54 Å². The highest BCUT2D eigenvalue weighted by Gasteiger charge is 2.21. The van der Waals surface area contributed by atoms with Gasteiger partial charge in [0.1, 0.15) is 0 Å². The van der Waals surface area contributed by atoms with Crippen LogP contribution in [0.1, 0.15) is 45.9 Å². The molecule has 1 aromatic rings. The van der Waals surface area contributed by atoms with Crippen LogP contribution >= 0.6 is 15.9 Å². The molecule has 0 amide bonds. The molecule has 0 aliphatic heterocycles. The first-order valence-electron chi connectivity index (χ1n) is 6.41. The largest absolute Gasteiger partial charge is 0.374 e. The van der Waals surface area contributed by atoms with Gasteiger partial charge >= 0.3 is 0 Å². The van der Waals surface area contributed by atoms with E-state index in [1.54, 1.807) is 0 Å². The summed E-state index contributed by atoms with van der Waals surface area (Å²) in [7, 11) is 1.95. The summed E-state index contributed by atoms with van der Waals surface area (Å²) in [5.41, 5.74) is 1.03. The highest BCUT2D eigenvalue weighted by molar-refractivity contribution is 9.10. The lowest BCUT2D eigenvalue weighted by atomic mass is 10.1. The van der Waals surface area contributed by atoms with E-state index in [0.29, 0.717) is 6.61 Å². The Balaban J connectivity index is 2.84. The molecule has 1 atom stereocenters. The van der Waals surface area contributed by atoms with Crippen molar-refractivity contribution in [2.45, 2.75) is 52.3 Å². The lowest BCUT2D eigenvalue weighted by Crippen LogP contribution is -2.30. The molecule has 1 unspecified atom stereocenters. The van der Waals surface area contributed by atoms with Crippen LogP contribution in [0.4, 0.5) is 0 Å². The zero-order valence-electron chi connectivity index (χ0n) is 12.0. The molecule has 1 aromatic heterocycles. The Morgan fingerprint density at radius 3 is 2.67 bits per heavy atom. The first-order chi connectivity index (χ1) is 8.39. The van der Waals surface area contributed by atoms with Crippen molar-refractivity contribution in [3.63, 3.8) is 0 Å². The van der Waals surface area contributed by atoms with Crippen molar-refractivity contribution in [2.75, 3.05) is 13.7 Å². The van der Waals surface area contributed by atoms with Crippen LogP contribution in [0.2, 0.25) is 0 Å². The minimum absolute atomic E-state index is 0.128. The molecule has 0 saturated carbocycles. The Bertz CT molecular complexity index is 371.